The van der Waals surface area contributed by atoms with Crippen LogP contribution in [0.15, 0.2) is 4.99 Å². The second-order valence-electron chi connectivity index (χ2n) is 3.60. The van der Waals surface area contributed by atoms with Gasteiger partial charge in [-0.3, -0.25) is 4.99 Å². The molecule has 0 spiro atoms. The molecule has 0 aliphatic rings. The SMILES string of the molecule is CCC(C)C(=NC)C(CC)C(C)=N. The molecule has 0 saturated heterocycles. The topological polar surface area (TPSA) is 36.2 Å². The largest absolute Gasteiger partial charge is 0.309 e. The van der Waals surface area contributed by atoms with Crippen molar-refractivity contribution in [1.82, 2.24) is 0 Å². The maximum absolute atomic E-state index is 7.67. The van der Waals surface area contributed by atoms with E-state index in [1.54, 1.807) is 0 Å². The van der Waals surface area contributed by atoms with E-state index in [2.05, 4.69) is 25.8 Å². The highest BCUT2D eigenvalue weighted by Crippen LogP contribution is 2.16. The average Bonchev–Trinajstić information content (AvgIpc) is 2.12. The van der Waals surface area contributed by atoms with E-state index in [0.29, 0.717) is 5.92 Å². The Balaban J connectivity index is 4.64. The predicted molar refractivity (Wildman–Crippen MR) is 60.0 cm³/mol. The summed E-state index contributed by atoms with van der Waals surface area (Å²) in [7, 11) is 1.84. The molecular weight excluding hydrogens is 160 g/mol. The molecule has 0 fully saturated rings. The monoisotopic (exact) mass is 182 g/mol. The summed E-state index contributed by atoms with van der Waals surface area (Å²) >= 11 is 0. The summed E-state index contributed by atoms with van der Waals surface area (Å²) in [4.78, 5) is 4.33. The molecule has 0 aromatic rings. The van der Waals surface area contributed by atoms with E-state index in [0.717, 1.165) is 18.6 Å². The van der Waals surface area contributed by atoms with Gasteiger partial charge in [-0.15, -0.1) is 0 Å². The number of nitrogens with one attached hydrogen (secondary N) is 1. The molecule has 0 aliphatic carbocycles. The Morgan fingerprint density at radius 3 is 2.08 bits per heavy atom. The molecular formula is C11H22N2. The van der Waals surface area contributed by atoms with Crippen molar-refractivity contribution in [2.24, 2.45) is 16.8 Å². The second kappa shape index (κ2) is 5.90. The summed E-state index contributed by atoms with van der Waals surface area (Å²) in [5, 5.41) is 7.67. The second-order valence-corrected chi connectivity index (χ2v) is 3.60. The fourth-order valence-corrected chi connectivity index (χ4v) is 1.67. The maximum atomic E-state index is 7.67. The standard InChI is InChI=1S/C11H22N2/c1-6-8(3)11(13-5)10(7-2)9(4)12/h8,10,12H,6-7H2,1-5H3. The van der Waals surface area contributed by atoms with Gasteiger partial charge < -0.3 is 5.41 Å². The summed E-state index contributed by atoms with van der Waals surface area (Å²) in [6.45, 7) is 8.35. The van der Waals surface area contributed by atoms with Crippen LogP contribution in [0.4, 0.5) is 0 Å². The molecule has 0 aromatic carbocycles. The highest BCUT2D eigenvalue weighted by Gasteiger charge is 2.19. The van der Waals surface area contributed by atoms with Gasteiger partial charge in [0.05, 0.1) is 0 Å². The van der Waals surface area contributed by atoms with E-state index >= 15 is 0 Å². The molecule has 1 N–H and O–H groups in total. The first-order valence-electron chi connectivity index (χ1n) is 5.09. The molecule has 2 unspecified atom stereocenters. The van der Waals surface area contributed by atoms with Crippen LogP contribution in [0.25, 0.3) is 0 Å². The summed E-state index contributed by atoms with van der Waals surface area (Å²) in [6.07, 6.45) is 2.10. The highest BCUT2D eigenvalue weighted by molar-refractivity contribution is 6.06. The van der Waals surface area contributed by atoms with E-state index in [4.69, 9.17) is 5.41 Å². The van der Waals surface area contributed by atoms with Gasteiger partial charge in [0, 0.05) is 24.4 Å². The summed E-state index contributed by atoms with van der Waals surface area (Å²) in [6, 6.07) is 0. The first-order valence-corrected chi connectivity index (χ1v) is 5.09. The molecule has 0 heterocycles. The minimum absolute atomic E-state index is 0.264. The first kappa shape index (κ1) is 12.3. The molecule has 2 atom stereocenters. The van der Waals surface area contributed by atoms with Gasteiger partial charge in [-0.1, -0.05) is 20.8 Å². The van der Waals surface area contributed by atoms with E-state index in [-0.39, 0.29) is 5.92 Å². The van der Waals surface area contributed by atoms with Crippen molar-refractivity contribution >= 4 is 11.4 Å². The van der Waals surface area contributed by atoms with Gasteiger partial charge in [0.25, 0.3) is 0 Å². The van der Waals surface area contributed by atoms with Crippen molar-refractivity contribution < 1.29 is 0 Å². The smallest absolute Gasteiger partial charge is 0.0343 e. The zero-order chi connectivity index (χ0) is 10.4. The number of rotatable bonds is 5. The Bertz CT molecular complexity index is 194. The lowest BCUT2D eigenvalue weighted by Gasteiger charge is -2.21. The molecule has 0 radical (unpaired) electrons. The van der Waals surface area contributed by atoms with Gasteiger partial charge in [0.2, 0.25) is 0 Å². The Labute approximate surface area is 82.0 Å². The number of hydrogen-bond donors (Lipinski definition) is 1. The van der Waals surface area contributed by atoms with Crippen LogP contribution in [0.5, 0.6) is 0 Å². The summed E-state index contributed by atoms with van der Waals surface area (Å²) < 4.78 is 0. The van der Waals surface area contributed by atoms with Crippen molar-refractivity contribution in [1.29, 1.82) is 5.41 Å². The molecule has 76 valence electrons. The molecule has 2 nitrogen and oxygen atoms in total. The van der Waals surface area contributed by atoms with Gasteiger partial charge in [-0.25, -0.2) is 0 Å². The van der Waals surface area contributed by atoms with E-state index in [1.807, 2.05) is 14.0 Å². The van der Waals surface area contributed by atoms with Gasteiger partial charge in [0.15, 0.2) is 0 Å². The van der Waals surface area contributed by atoms with Crippen molar-refractivity contribution in [3.63, 3.8) is 0 Å². The number of hydrogen-bond acceptors (Lipinski definition) is 2. The predicted octanol–water partition coefficient (Wildman–Crippen LogP) is 3.17. The molecule has 0 aromatic heterocycles. The van der Waals surface area contributed by atoms with Gasteiger partial charge in [-0.2, -0.15) is 0 Å². The van der Waals surface area contributed by atoms with Crippen LogP contribution in [-0.4, -0.2) is 18.5 Å². The van der Waals surface area contributed by atoms with Crippen molar-refractivity contribution in [2.45, 2.75) is 40.5 Å². The molecule has 0 aliphatic heterocycles. The quantitative estimate of drug-likeness (QED) is 0.634. The lowest BCUT2D eigenvalue weighted by Crippen LogP contribution is -2.26. The van der Waals surface area contributed by atoms with Crippen LogP contribution in [0.1, 0.15) is 40.5 Å². The molecule has 0 bridgehead atoms. The minimum atomic E-state index is 0.264. The molecule has 13 heavy (non-hydrogen) atoms. The van der Waals surface area contributed by atoms with Gasteiger partial charge in [0.1, 0.15) is 0 Å². The fourth-order valence-electron chi connectivity index (χ4n) is 1.67. The lowest BCUT2D eigenvalue weighted by atomic mass is 9.86. The van der Waals surface area contributed by atoms with Crippen LogP contribution in [0.2, 0.25) is 0 Å². The third kappa shape index (κ3) is 3.29. The Hall–Kier alpha value is -0.660. The molecule has 0 saturated carbocycles. The summed E-state index contributed by atoms with van der Waals surface area (Å²) in [5.41, 5.74) is 1.93. The number of nitrogens with zero attached hydrogens (tertiary/aromatic N) is 1. The van der Waals surface area contributed by atoms with E-state index < -0.39 is 0 Å². The Kier molecular flexibility index (Phi) is 5.60. The number of aliphatic imine (C=N–C) groups is 1. The van der Waals surface area contributed by atoms with Crippen LogP contribution in [0, 0.1) is 17.2 Å². The molecule has 0 rings (SSSR count). The first-order chi connectivity index (χ1) is 6.08. The highest BCUT2D eigenvalue weighted by atomic mass is 14.7. The lowest BCUT2D eigenvalue weighted by molar-refractivity contribution is 0.684. The molecule has 2 heteroatoms. The van der Waals surface area contributed by atoms with Crippen LogP contribution in [-0.2, 0) is 0 Å². The van der Waals surface area contributed by atoms with Crippen molar-refractivity contribution in [3.05, 3.63) is 0 Å². The third-order valence-corrected chi connectivity index (χ3v) is 2.66. The zero-order valence-corrected chi connectivity index (χ0v) is 9.52. The average molecular weight is 182 g/mol. The minimum Gasteiger partial charge on any atom is -0.309 e. The van der Waals surface area contributed by atoms with Crippen LogP contribution in [0.3, 0.4) is 0 Å². The molecule has 0 amide bonds. The van der Waals surface area contributed by atoms with E-state index in [9.17, 15) is 0 Å². The normalized spacial score (nSPS) is 16.8. The Morgan fingerprint density at radius 1 is 1.31 bits per heavy atom. The van der Waals surface area contributed by atoms with Gasteiger partial charge in [-0.05, 0) is 25.7 Å². The summed E-state index contributed by atoms with van der Waals surface area (Å²) in [5.74, 6) is 0.773. The Morgan fingerprint density at radius 2 is 1.85 bits per heavy atom. The van der Waals surface area contributed by atoms with Crippen LogP contribution >= 0.6 is 0 Å². The van der Waals surface area contributed by atoms with Crippen LogP contribution < -0.4 is 0 Å². The fraction of sp³-hybridized carbons (Fsp3) is 0.818. The van der Waals surface area contributed by atoms with Crippen molar-refractivity contribution in [3.8, 4) is 0 Å². The third-order valence-electron chi connectivity index (χ3n) is 2.66. The van der Waals surface area contributed by atoms with Crippen molar-refractivity contribution in [2.75, 3.05) is 7.05 Å². The van der Waals surface area contributed by atoms with E-state index in [1.165, 1.54) is 5.71 Å². The maximum Gasteiger partial charge on any atom is 0.0343 e. The zero-order valence-electron chi connectivity index (χ0n) is 9.52. The van der Waals surface area contributed by atoms with Gasteiger partial charge >= 0.3 is 0 Å².